The van der Waals surface area contributed by atoms with Gasteiger partial charge in [0, 0.05) is 36.7 Å². The SMILES string of the molecule is CCOc1cc2c(cc1CN[C@@H]1CCC[C@H]1Cc1cc(C)no1)OCO2. The topological polar surface area (TPSA) is 65.8 Å². The van der Waals surface area contributed by atoms with E-state index in [1.54, 1.807) is 0 Å². The number of rotatable bonds is 7. The van der Waals surface area contributed by atoms with Gasteiger partial charge in [0.15, 0.2) is 11.5 Å². The number of benzene rings is 1. The quantitative estimate of drug-likeness (QED) is 0.816. The highest BCUT2D eigenvalue weighted by Crippen LogP contribution is 2.38. The normalized spacial score (nSPS) is 21.3. The molecule has 0 amide bonds. The van der Waals surface area contributed by atoms with Gasteiger partial charge < -0.3 is 24.1 Å². The summed E-state index contributed by atoms with van der Waals surface area (Å²) < 4.78 is 22.2. The van der Waals surface area contributed by atoms with E-state index < -0.39 is 0 Å². The second-order valence-electron chi connectivity index (χ2n) is 7.06. The van der Waals surface area contributed by atoms with Crippen LogP contribution in [0.3, 0.4) is 0 Å². The van der Waals surface area contributed by atoms with E-state index in [4.69, 9.17) is 18.7 Å². The van der Waals surface area contributed by atoms with E-state index in [0.717, 1.165) is 47.2 Å². The number of aromatic nitrogens is 1. The van der Waals surface area contributed by atoms with Crippen molar-refractivity contribution in [1.82, 2.24) is 10.5 Å². The lowest BCUT2D eigenvalue weighted by Crippen LogP contribution is -2.33. The number of fused-ring (bicyclic) bond motifs is 1. The van der Waals surface area contributed by atoms with E-state index in [0.29, 0.717) is 18.6 Å². The van der Waals surface area contributed by atoms with Crippen molar-refractivity contribution in [2.24, 2.45) is 5.92 Å². The van der Waals surface area contributed by atoms with Crippen LogP contribution >= 0.6 is 0 Å². The number of nitrogens with zero attached hydrogens (tertiary/aromatic N) is 1. The van der Waals surface area contributed by atoms with Gasteiger partial charge >= 0.3 is 0 Å². The summed E-state index contributed by atoms with van der Waals surface area (Å²) in [5.41, 5.74) is 2.06. The minimum Gasteiger partial charge on any atom is -0.493 e. The molecule has 1 aromatic carbocycles. The van der Waals surface area contributed by atoms with Crippen LogP contribution in [0, 0.1) is 12.8 Å². The maximum atomic E-state index is 5.80. The molecule has 1 N–H and O–H groups in total. The molecule has 26 heavy (non-hydrogen) atoms. The maximum Gasteiger partial charge on any atom is 0.231 e. The molecule has 0 spiro atoms. The molecule has 1 aliphatic heterocycles. The van der Waals surface area contributed by atoms with Gasteiger partial charge in [-0.1, -0.05) is 11.6 Å². The average molecular weight is 358 g/mol. The lowest BCUT2D eigenvalue weighted by atomic mass is 9.97. The van der Waals surface area contributed by atoms with Crippen molar-refractivity contribution in [3.05, 3.63) is 35.2 Å². The van der Waals surface area contributed by atoms with Gasteiger partial charge in [-0.05, 0) is 38.7 Å². The molecular formula is C20H26N2O4. The van der Waals surface area contributed by atoms with Crippen molar-refractivity contribution >= 4 is 0 Å². The van der Waals surface area contributed by atoms with E-state index in [9.17, 15) is 0 Å². The Labute approximate surface area is 153 Å². The maximum absolute atomic E-state index is 5.80. The highest BCUT2D eigenvalue weighted by molar-refractivity contribution is 5.51. The molecule has 0 radical (unpaired) electrons. The van der Waals surface area contributed by atoms with Crippen LogP contribution in [0.2, 0.25) is 0 Å². The first kappa shape index (κ1) is 17.2. The number of hydrogen-bond acceptors (Lipinski definition) is 6. The van der Waals surface area contributed by atoms with Crippen LogP contribution in [0.5, 0.6) is 17.2 Å². The monoisotopic (exact) mass is 358 g/mol. The fourth-order valence-corrected chi connectivity index (χ4v) is 3.96. The Morgan fingerprint density at radius 3 is 2.81 bits per heavy atom. The van der Waals surface area contributed by atoms with Crippen molar-refractivity contribution in [3.63, 3.8) is 0 Å². The molecule has 6 heteroatoms. The Hall–Kier alpha value is -2.21. The summed E-state index contributed by atoms with van der Waals surface area (Å²) in [6, 6.07) is 6.48. The van der Waals surface area contributed by atoms with Gasteiger partial charge in [-0.3, -0.25) is 0 Å². The van der Waals surface area contributed by atoms with Crippen molar-refractivity contribution in [2.75, 3.05) is 13.4 Å². The largest absolute Gasteiger partial charge is 0.493 e. The first-order chi connectivity index (χ1) is 12.7. The van der Waals surface area contributed by atoms with Crippen LogP contribution in [0.25, 0.3) is 0 Å². The van der Waals surface area contributed by atoms with Gasteiger partial charge in [0.2, 0.25) is 6.79 Å². The molecule has 6 nitrogen and oxygen atoms in total. The van der Waals surface area contributed by atoms with Crippen molar-refractivity contribution < 1.29 is 18.7 Å². The summed E-state index contributed by atoms with van der Waals surface area (Å²) in [5, 5.41) is 7.73. The van der Waals surface area contributed by atoms with E-state index >= 15 is 0 Å². The molecule has 2 atom stereocenters. The van der Waals surface area contributed by atoms with Crippen LogP contribution in [0.15, 0.2) is 22.7 Å². The minimum absolute atomic E-state index is 0.277. The average Bonchev–Trinajstić information content (AvgIpc) is 3.35. The molecule has 2 aliphatic rings. The van der Waals surface area contributed by atoms with E-state index in [1.165, 1.54) is 19.3 Å². The molecule has 0 saturated heterocycles. The zero-order valence-corrected chi connectivity index (χ0v) is 15.4. The lowest BCUT2D eigenvalue weighted by Gasteiger charge is -2.21. The second-order valence-corrected chi connectivity index (χ2v) is 7.06. The van der Waals surface area contributed by atoms with Crippen molar-refractivity contribution in [2.45, 2.75) is 52.1 Å². The standard InChI is InChI=1S/C20H26N2O4/c1-3-23-18-10-20-19(24-12-25-20)9-15(18)11-21-17-6-4-5-14(17)8-16-7-13(2)22-26-16/h7,9-10,14,17,21H,3-6,8,11-12H2,1-2H3/t14-,17+/m0/s1. The molecule has 2 heterocycles. The molecule has 0 unspecified atom stereocenters. The fraction of sp³-hybridized carbons (Fsp3) is 0.550. The van der Waals surface area contributed by atoms with Crippen LogP contribution in [-0.4, -0.2) is 24.6 Å². The van der Waals surface area contributed by atoms with E-state index in [2.05, 4.69) is 10.5 Å². The summed E-state index contributed by atoms with van der Waals surface area (Å²) in [6.45, 7) is 5.62. The predicted octanol–water partition coefficient (Wildman–Crippen LogP) is 3.61. The third-order valence-corrected chi connectivity index (χ3v) is 5.21. The first-order valence-corrected chi connectivity index (χ1v) is 9.44. The molecule has 1 fully saturated rings. The zero-order chi connectivity index (χ0) is 17.9. The van der Waals surface area contributed by atoms with Crippen molar-refractivity contribution in [1.29, 1.82) is 0 Å². The predicted molar refractivity (Wildman–Crippen MR) is 96.6 cm³/mol. The highest BCUT2D eigenvalue weighted by atomic mass is 16.7. The van der Waals surface area contributed by atoms with Crippen LogP contribution < -0.4 is 19.5 Å². The molecule has 140 valence electrons. The molecule has 1 aliphatic carbocycles. The summed E-state index contributed by atoms with van der Waals surface area (Å²) in [5.74, 6) is 3.98. The lowest BCUT2D eigenvalue weighted by molar-refractivity contribution is 0.173. The van der Waals surface area contributed by atoms with Gasteiger partial charge in [0.1, 0.15) is 11.5 Å². The summed E-state index contributed by atoms with van der Waals surface area (Å²) >= 11 is 0. The summed E-state index contributed by atoms with van der Waals surface area (Å²) in [7, 11) is 0. The van der Waals surface area contributed by atoms with Crippen LogP contribution in [0.4, 0.5) is 0 Å². The van der Waals surface area contributed by atoms with Gasteiger partial charge in [-0.25, -0.2) is 0 Å². The van der Waals surface area contributed by atoms with E-state index in [1.807, 2.05) is 32.0 Å². The Kier molecular flexibility index (Phi) is 5.02. The summed E-state index contributed by atoms with van der Waals surface area (Å²) in [6.07, 6.45) is 4.59. The second kappa shape index (κ2) is 7.58. The molecule has 0 bridgehead atoms. The van der Waals surface area contributed by atoms with Gasteiger partial charge in [-0.2, -0.15) is 0 Å². The first-order valence-electron chi connectivity index (χ1n) is 9.44. The zero-order valence-electron chi connectivity index (χ0n) is 15.4. The smallest absolute Gasteiger partial charge is 0.231 e. The minimum atomic E-state index is 0.277. The molecule has 1 saturated carbocycles. The number of nitrogens with one attached hydrogen (secondary N) is 1. The Morgan fingerprint density at radius 2 is 2.04 bits per heavy atom. The van der Waals surface area contributed by atoms with Crippen LogP contribution in [-0.2, 0) is 13.0 Å². The Bertz CT molecular complexity index is 758. The number of hydrogen-bond donors (Lipinski definition) is 1. The third-order valence-electron chi connectivity index (χ3n) is 5.21. The Morgan fingerprint density at radius 1 is 1.19 bits per heavy atom. The van der Waals surface area contributed by atoms with Gasteiger partial charge in [-0.15, -0.1) is 0 Å². The summed E-state index contributed by atoms with van der Waals surface area (Å²) in [4.78, 5) is 0. The van der Waals surface area contributed by atoms with Gasteiger partial charge in [0.25, 0.3) is 0 Å². The molecular weight excluding hydrogens is 332 g/mol. The molecule has 4 rings (SSSR count). The highest BCUT2D eigenvalue weighted by Gasteiger charge is 2.28. The number of aryl methyl sites for hydroxylation is 1. The van der Waals surface area contributed by atoms with Crippen molar-refractivity contribution in [3.8, 4) is 17.2 Å². The van der Waals surface area contributed by atoms with E-state index in [-0.39, 0.29) is 6.79 Å². The molecule has 1 aromatic heterocycles. The van der Waals surface area contributed by atoms with Crippen LogP contribution in [0.1, 0.15) is 43.2 Å². The number of ether oxygens (including phenoxy) is 3. The fourth-order valence-electron chi connectivity index (χ4n) is 3.96. The Balaban J connectivity index is 1.42. The molecule has 2 aromatic rings. The third kappa shape index (κ3) is 3.65. The van der Waals surface area contributed by atoms with Gasteiger partial charge in [0.05, 0.1) is 12.3 Å².